The fourth-order valence-electron chi connectivity index (χ4n) is 1.09. The van der Waals surface area contributed by atoms with Crippen LogP contribution in [0.25, 0.3) is 0 Å². The zero-order valence-electron chi connectivity index (χ0n) is 9.24. The maximum atomic E-state index is 10.9. The van der Waals surface area contributed by atoms with Crippen LogP contribution in [0.3, 0.4) is 0 Å². The van der Waals surface area contributed by atoms with Gasteiger partial charge in [0.15, 0.2) is 0 Å². The van der Waals surface area contributed by atoms with Gasteiger partial charge in [0.25, 0.3) is 0 Å². The van der Waals surface area contributed by atoms with Crippen LogP contribution >= 0.6 is 15.9 Å². The van der Waals surface area contributed by atoms with Crippen molar-refractivity contribution >= 4 is 21.9 Å². The quantitative estimate of drug-likeness (QED) is 0.905. The monoisotopic (exact) mass is 287 g/mol. The first-order valence-corrected chi connectivity index (χ1v) is 5.81. The summed E-state index contributed by atoms with van der Waals surface area (Å²) in [6.45, 7) is 4.64. The van der Waals surface area contributed by atoms with E-state index in [0.29, 0.717) is 17.0 Å². The van der Waals surface area contributed by atoms with E-state index in [1.165, 1.54) is 12.3 Å². The molecular weight excluding hydrogens is 274 g/mol. The Morgan fingerprint density at radius 1 is 1.62 bits per heavy atom. The zero-order chi connectivity index (χ0) is 12.1. The van der Waals surface area contributed by atoms with Crippen molar-refractivity contribution in [3.05, 3.63) is 22.3 Å². The molecule has 5 heteroatoms. The van der Waals surface area contributed by atoms with Crippen molar-refractivity contribution in [2.24, 2.45) is 5.92 Å². The second-order valence-corrected chi connectivity index (χ2v) is 4.76. The maximum Gasteiger partial charge on any atom is 0.341 e. The summed E-state index contributed by atoms with van der Waals surface area (Å²) in [5.41, 5.74) is 0.0816. The number of nitrogens with zero attached hydrogens (tertiary/aromatic N) is 1. The van der Waals surface area contributed by atoms with Crippen LogP contribution in [0.2, 0.25) is 0 Å². The number of carbonyl (C=O) groups is 1. The third-order valence-electron chi connectivity index (χ3n) is 1.98. The maximum absolute atomic E-state index is 10.9. The van der Waals surface area contributed by atoms with Crippen molar-refractivity contribution in [1.29, 1.82) is 0 Å². The van der Waals surface area contributed by atoms with E-state index in [1.807, 2.05) is 0 Å². The first-order chi connectivity index (χ1) is 7.50. The van der Waals surface area contributed by atoms with Crippen LogP contribution in [-0.2, 0) is 0 Å². The minimum absolute atomic E-state index is 0.0816. The summed E-state index contributed by atoms with van der Waals surface area (Å²) in [5, 5.41) is 8.96. The Morgan fingerprint density at radius 3 is 2.88 bits per heavy atom. The molecule has 0 unspecified atom stereocenters. The number of rotatable bonds is 5. The lowest BCUT2D eigenvalue weighted by Crippen LogP contribution is -2.07. The molecule has 0 aliphatic rings. The first-order valence-electron chi connectivity index (χ1n) is 5.02. The minimum atomic E-state index is -1.03. The van der Waals surface area contributed by atoms with Gasteiger partial charge in [-0.1, -0.05) is 13.8 Å². The molecule has 4 nitrogen and oxygen atoms in total. The van der Waals surface area contributed by atoms with Gasteiger partial charge in [-0.25, -0.2) is 9.78 Å². The van der Waals surface area contributed by atoms with Crippen LogP contribution in [0.4, 0.5) is 0 Å². The number of aromatic carboxylic acids is 1. The summed E-state index contributed by atoms with van der Waals surface area (Å²) >= 11 is 3.17. The molecule has 0 bridgehead atoms. The molecule has 88 valence electrons. The van der Waals surface area contributed by atoms with Crippen molar-refractivity contribution in [1.82, 2.24) is 4.98 Å². The lowest BCUT2D eigenvalue weighted by atomic mass is 10.1. The molecule has 1 rings (SSSR count). The number of halogens is 1. The molecule has 1 N–H and O–H groups in total. The highest BCUT2D eigenvalue weighted by Crippen LogP contribution is 2.20. The predicted octanol–water partition coefficient (Wildman–Crippen LogP) is 2.97. The summed E-state index contributed by atoms with van der Waals surface area (Å²) in [6.07, 6.45) is 2.40. The summed E-state index contributed by atoms with van der Waals surface area (Å²) in [4.78, 5) is 14.9. The van der Waals surface area contributed by atoms with Crippen LogP contribution in [0, 0.1) is 5.92 Å². The summed E-state index contributed by atoms with van der Waals surface area (Å²) in [5.74, 6) is -0.339. The first kappa shape index (κ1) is 13.0. The molecule has 0 fully saturated rings. The minimum Gasteiger partial charge on any atom is -0.477 e. The Morgan fingerprint density at radius 2 is 2.31 bits per heavy atom. The van der Waals surface area contributed by atoms with E-state index in [0.717, 1.165) is 6.42 Å². The molecule has 0 atom stereocenters. The third kappa shape index (κ3) is 3.81. The number of pyridine rings is 1. The van der Waals surface area contributed by atoms with Gasteiger partial charge in [-0.2, -0.15) is 0 Å². The lowest BCUT2D eigenvalue weighted by molar-refractivity contribution is 0.0691. The standard InChI is InChI=1S/C11H14BrNO3/c1-7(2)3-4-16-10-9(11(14)15)5-8(12)6-13-10/h5-7H,3-4H2,1-2H3,(H,14,15). The fourth-order valence-corrected chi connectivity index (χ4v) is 1.42. The molecule has 16 heavy (non-hydrogen) atoms. The van der Waals surface area contributed by atoms with Gasteiger partial charge in [-0.3, -0.25) is 0 Å². The highest BCUT2D eigenvalue weighted by atomic mass is 79.9. The molecular formula is C11H14BrNO3. The van der Waals surface area contributed by atoms with Gasteiger partial charge in [0.2, 0.25) is 5.88 Å². The van der Waals surface area contributed by atoms with Crippen LogP contribution in [0.15, 0.2) is 16.7 Å². The van der Waals surface area contributed by atoms with Gasteiger partial charge in [0, 0.05) is 10.7 Å². The fraction of sp³-hybridized carbons (Fsp3) is 0.455. The largest absolute Gasteiger partial charge is 0.477 e. The smallest absolute Gasteiger partial charge is 0.341 e. The SMILES string of the molecule is CC(C)CCOc1ncc(Br)cc1C(=O)O. The van der Waals surface area contributed by atoms with Crippen molar-refractivity contribution in [2.45, 2.75) is 20.3 Å². The molecule has 0 aliphatic heterocycles. The normalized spacial score (nSPS) is 10.5. The van der Waals surface area contributed by atoms with E-state index >= 15 is 0 Å². The van der Waals surface area contributed by atoms with Gasteiger partial charge >= 0.3 is 5.97 Å². The van der Waals surface area contributed by atoms with Gasteiger partial charge in [0.1, 0.15) is 5.56 Å². The van der Waals surface area contributed by atoms with Crippen LogP contribution in [0.1, 0.15) is 30.6 Å². The Balaban J connectivity index is 2.75. The van der Waals surface area contributed by atoms with Crippen molar-refractivity contribution < 1.29 is 14.6 Å². The number of hydrogen-bond acceptors (Lipinski definition) is 3. The number of aromatic nitrogens is 1. The van der Waals surface area contributed by atoms with E-state index in [2.05, 4.69) is 34.8 Å². The molecule has 0 spiro atoms. The Bertz CT molecular complexity index is 379. The third-order valence-corrected chi connectivity index (χ3v) is 2.42. The van der Waals surface area contributed by atoms with Crippen molar-refractivity contribution in [3.63, 3.8) is 0 Å². The molecule has 0 saturated carbocycles. The Hall–Kier alpha value is -1.10. The summed E-state index contributed by atoms with van der Waals surface area (Å²) < 4.78 is 5.98. The van der Waals surface area contributed by atoms with E-state index < -0.39 is 5.97 Å². The number of carboxylic acids is 1. The van der Waals surface area contributed by atoms with E-state index in [1.54, 1.807) is 0 Å². The topological polar surface area (TPSA) is 59.4 Å². The lowest BCUT2D eigenvalue weighted by Gasteiger charge is -2.09. The van der Waals surface area contributed by atoms with Crippen LogP contribution < -0.4 is 4.74 Å². The van der Waals surface area contributed by atoms with Crippen molar-refractivity contribution in [2.75, 3.05) is 6.61 Å². The van der Waals surface area contributed by atoms with E-state index in [4.69, 9.17) is 9.84 Å². The van der Waals surface area contributed by atoms with Gasteiger partial charge in [0.05, 0.1) is 6.61 Å². The highest BCUT2D eigenvalue weighted by Gasteiger charge is 2.13. The molecule has 1 aromatic heterocycles. The Kier molecular flexibility index (Phi) is 4.73. The molecule has 0 saturated heterocycles. The molecule has 1 aromatic rings. The Labute approximate surface area is 103 Å². The predicted molar refractivity (Wildman–Crippen MR) is 63.8 cm³/mol. The zero-order valence-corrected chi connectivity index (χ0v) is 10.8. The molecule has 0 amide bonds. The number of carboxylic acid groups (broad SMARTS) is 1. The highest BCUT2D eigenvalue weighted by molar-refractivity contribution is 9.10. The second-order valence-electron chi connectivity index (χ2n) is 3.84. The summed E-state index contributed by atoms with van der Waals surface area (Å²) in [6, 6.07) is 1.49. The molecule has 0 aromatic carbocycles. The molecule has 1 heterocycles. The number of ether oxygens (including phenoxy) is 1. The van der Waals surface area contributed by atoms with Gasteiger partial charge < -0.3 is 9.84 Å². The van der Waals surface area contributed by atoms with Crippen molar-refractivity contribution in [3.8, 4) is 5.88 Å². The van der Waals surface area contributed by atoms with E-state index in [9.17, 15) is 4.79 Å². The molecule has 0 aliphatic carbocycles. The van der Waals surface area contributed by atoms with Gasteiger partial charge in [-0.05, 0) is 34.3 Å². The average Bonchev–Trinajstić information content (AvgIpc) is 2.19. The number of hydrogen-bond donors (Lipinski definition) is 1. The van der Waals surface area contributed by atoms with Gasteiger partial charge in [-0.15, -0.1) is 0 Å². The van der Waals surface area contributed by atoms with Crippen LogP contribution in [-0.4, -0.2) is 22.7 Å². The average molecular weight is 288 g/mol. The van der Waals surface area contributed by atoms with Crippen LogP contribution in [0.5, 0.6) is 5.88 Å². The second kappa shape index (κ2) is 5.84. The van der Waals surface area contributed by atoms with E-state index in [-0.39, 0.29) is 11.4 Å². The summed E-state index contributed by atoms with van der Waals surface area (Å²) in [7, 11) is 0. The molecule has 0 radical (unpaired) electrons.